The van der Waals surface area contributed by atoms with Gasteiger partial charge in [-0.25, -0.2) is 0 Å². The maximum absolute atomic E-state index is 11.4. The highest BCUT2D eigenvalue weighted by molar-refractivity contribution is 5.73. The molecule has 0 bridgehead atoms. The van der Waals surface area contributed by atoms with Gasteiger partial charge in [-0.1, -0.05) is 20.3 Å². The molecule has 1 rings (SSSR count). The van der Waals surface area contributed by atoms with Gasteiger partial charge < -0.3 is 10.2 Å². The molecule has 3 heteroatoms. The number of amides is 1. The molecule has 0 spiro atoms. The zero-order chi connectivity index (χ0) is 11.3. The first-order chi connectivity index (χ1) is 7.17. The van der Waals surface area contributed by atoms with Gasteiger partial charge in [0.05, 0.1) is 0 Å². The largest absolute Gasteiger partial charge is 0.341 e. The summed E-state index contributed by atoms with van der Waals surface area (Å²) in [6.45, 7) is 8.87. The molecular weight excluding hydrogens is 188 g/mol. The van der Waals surface area contributed by atoms with E-state index in [-0.39, 0.29) is 5.91 Å². The molecule has 1 fully saturated rings. The van der Waals surface area contributed by atoms with Gasteiger partial charge in [0, 0.05) is 26.1 Å². The fraction of sp³-hybridized carbons (Fsp3) is 0.917. The van der Waals surface area contributed by atoms with Crippen molar-refractivity contribution in [3.05, 3.63) is 0 Å². The van der Waals surface area contributed by atoms with Crippen LogP contribution in [0.1, 0.15) is 40.0 Å². The molecule has 0 aromatic rings. The maximum Gasteiger partial charge on any atom is 0.219 e. The van der Waals surface area contributed by atoms with Crippen molar-refractivity contribution in [2.24, 2.45) is 5.92 Å². The van der Waals surface area contributed by atoms with E-state index in [1.165, 1.54) is 19.3 Å². The minimum Gasteiger partial charge on any atom is -0.341 e. The standard InChI is InChI=1S/C12H24N2O/c1-4-6-11-7-12(13-5-2)9-14(8-11)10(3)15/h11-13H,4-9H2,1-3H3. The predicted octanol–water partition coefficient (Wildman–Crippen LogP) is 1.63. The van der Waals surface area contributed by atoms with Crippen LogP contribution in [0.25, 0.3) is 0 Å². The molecule has 0 radical (unpaired) electrons. The average molecular weight is 212 g/mol. The van der Waals surface area contributed by atoms with Crippen LogP contribution in [0.5, 0.6) is 0 Å². The van der Waals surface area contributed by atoms with E-state index in [9.17, 15) is 4.79 Å². The number of carbonyl (C=O) groups is 1. The third-order valence-corrected chi connectivity index (χ3v) is 3.17. The summed E-state index contributed by atoms with van der Waals surface area (Å²) in [5, 5.41) is 3.46. The Labute approximate surface area is 93.2 Å². The van der Waals surface area contributed by atoms with Crippen molar-refractivity contribution in [2.45, 2.75) is 46.1 Å². The highest BCUT2D eigenvalue weighted by Gasteiger charge is 2.27. The molecule has 1 aliphatic heterocycles. The molecule has 1 N–H and O–H groups in total. The Kier molecular flexibility index (Phi) is 5.09. The van der Waals surface area contributed by atoms with Gasteiger partial charge in [0.15, 0.2) is 0 Å². The number of likely N-dealkylation sites (N-methyl/N-ethyl adjacent to an activating group) is 1. The Bertz CT molecular complexity index is 192. The first-order valence-electron chi connectivity index (χ1n) is 6.16. The van der Waals surface area contributed by atoms with Crippen LogP contribution in [0.2, 0.25) is 0 Å². The van der Waals surface area contributed by atoms with Crippen molar-refractivity contribution >= 4 is 5.91 Å². The number of hydrogen-bond acceptors (Lipinski definition) is 2. The quantitative estimate of drug-likeness (QED) is 0.768. The van der Waals surface area contributed by atoms with Crippen LogP contribution < -0.4 is 5.32 Å². The summed E-state index contributed by atoms with van der Waals surface area (Å²) in [5.74, 6) is 0.912. The minimum absolute atomic E-state index is 0.221. The van der Waals surface area contributed by atoms with E-state index < -0.39 is 0 Å². The second-order valence-electron chi connectivity index (χ2n) is 4.57. The number of piperidine rings is 1. The summed E-state index contributed by atoms with van der Waals surface area (Å²) in [7, 11) is 0. The van der Waals surface area contributed by atoms with Gasteiger partial charge in [-0.15, -0.1) is 0 Å². The highest BCUT2D eigenvalue weighted by Crippen LogP contribution is 2.21. The summed E-state index contributed by atoms with van der Waals surface area (Å²) < 4.78 is 0. The average Bonchev–Trinajstić information content (AvgIpc) is 2.18. The third kappa shape index (κ3) is 3.82. The Morgan fingerprint density at radius 3 is 2.67 bits per heavy atom. The van der Waals surface area contributed by atoms with Crippen LogP contribution in [-0.2, 0) is 4.79 Å². The topological polar surface area (TPSA) is 32.3 Å². The second-order valence-corrected chi connectivity index (χ2v) is 4.57. The van der Waals surface area contributed by atoms with Crippen molar-refractivity contribution in [1.29, 1.82) is 0 Å². The van der Waals surface area contributed by atoms with Gasteiger partial charge in [-0.3, -0.25) is 4.79 Å². The van der Waals surface area contributed by atoms with Gasteiger partial charge in [-0.2, -0.15) is 0 Å². The normalized spacial score (nSPS) is 26.7. The van der Waals surface area contributed by atoms with E-state index in [4.69, 9.17) is 0 Å². The number of nitrogens with zero attached hydrogens (tertiary/aromatic N) is 1. The molecule has 1 aliphatic rings. The lowest BCUT2D eigenvalue weighted by Crippen LogP contribution is -2.50. The van der Waals surface area contributed by atoms with E-state index in [0.29, 0.717) is 12.0 Å². The van der Waals surface area contributed by atoms with Gasteiger partial charge in [0.25, 0.3) is 0 Å². The lowest BCUT2D eigenvalue weighted by atomic mass is 9.90. The molecular formula is C12H24N2O. The first kappa shape index (κ1) is 12.5. The summed E-state index contributed by atoms with van der Waals surface area (Å²) in [6.07, 6.45) is 3.69. The van der Waals surface area contributed by atoms with Crippen LogP contribution in [0.4, 0.5) is 0 Å². The van der Waals surface area contributed by atoms with Crippen LogP contribution in [-0.4, -0.2) is 36.5 Å². The Balaban J connectivity index is 2.51. The molecule has 0 saturated carbocycles. The highest BCUT2D eigenvalue weighted by atomic mass is 16.2. The van der Waals surface area contributed by atoms with E-state index in [0.717, 1.165) is 19.6 Å². The number of rotatable bonds is 4. The lowest BCUT2D eigenvalue weighted by molar-refractivity contribution is -0.131. The first-order valence-corrected chi connectivity index (χ1v) is 6.16. The maximum atomic E-state index is 11.4. The fourth-order valence-electron chi connectivity index (χ4n) is 2.51. The van der Waals surface area contributed by atoms with E-state index in [2.05, 4.69) is 19.2 Å². The van der Waals surface area contributed by atoms with Crippen LogP contribution in [0.15, 0.2) is 0 Å². The predicted molar refractivity (Wildman–Crippen MR) is 62.7 cm³/mol. The van der Waals surface area contributed by atoms with Crippen molar-refractivity contribution in [3.8, 4) is 0 Å². The van der Waals surface area contributed by atoms with Crippen LogP contribution >= 0.6 is 0 Å². The number of hydrogen-bond donors (Lipinski definition) is 1. The second kappa shape index (κ2) is 6.11. The Morgan fingerprint density at radius 1 is 1.40 bits per heavy atom. The zero-order valence-corrected chi connectivity index (χ0v) is 10.3. The zero-order valence-electron chi connectivity index (χ0n) is 10.3. The van der Waals surface area contributed by atoms with E-state index >= 15 is 0 Å². The van der Waals surface area contributed by atoms with Crippen molar-refractivity contribution in [3.63, 3.8) is 0 Å². The molecule has 1 amide bonds. The molecule has 2 atom stereocenters. The molecule has 0 aromatic heterocycles. The molecule has 2 unspecified atom stereocenters. The summed E-state index contributed by atoms with van der Waals surface area (Å²) in [6, 6.07) is 0.504. The van der Waals surface area contributed by atoms with Gasteiger partial charge in [-0.05, 0) is 25.3 Å². The van der Waals surface area contributed by atoms with E-state index in [1.807, 2.05) is 4.90 Å². The van der Waals surface area contributed by atoms with Gasteiger partial charge in [0.2, 0.25) is 5.91 Å². The summed E-state index contributed by atoms with van der Waals surface area (Å²) >= 11 is 0. The molecule has 88 valence electrons. The number of nitrogens with one attached hydrogen (secondary N) is 1. The van der Waals surface area contributed by atoms with Crippen molar-refractivity contribution in [2.75, 3.05) is 19.6 Å². The molecule has 0 aliphatic carbocycles. The molecule has 0 aromatic carbocycles. The van der Waals surface area contributed by atoms with E-state index in [1.54, 1.807) is 6.92 Å². The van der Waals surface area contributed by atoms with Gasteiger partial charge in [0.1, 0.15) is 0 Å². The lowest BCUT2D eigenvalue weighted by Gasteiger charge is -2.37. The van der Waals surface area contributed by atoms with Crippen molar-refractivity contribution in [1.82, 2.24) is 10.2 Å². The Hall–Kier alpha value is -0.570. The Morgan fingerprint density at radius 2 is 2.13 bits per heavy atom. The minimum atomic E-state index is 0.221. The monoisotopic (exact) mass is 212 g/mol. The van der Waals surface area contributed by atoms with Crippen LogP contribution in [0.3, 0.4) is 0 Å². The molecule has 1 heterocycles. The summed E-state index contributed by atoms with van der Waals surface area (Å²) in [4.78, 5) is 13.4. The van der Waals surface area contributed by atoms with Crippen molar-refractivity contribution < 1.29 is 4.79 Å². The number of carbonyl (C=O) groups excluding carboxylic acids is 1. The SMILES string of the molecule is CCCC1CC(NCC)CN(C(C)=O)C1. The van der Waals surface area contributed by atoms with Crippen LogP contribution in [0, 0.1) is 5.92 Å². The molecule has 1 saturated heterocycles. The molecule has 3 nitrogen and oxygen atoms in total. The third-order valence-electron chi connectivity index (χ3n) is 3.17. The number of likely N-dealkylation sites (tertiary alicyclic amines) is 1. The van der Waals surface area contributed by atoms with Gasteiger partial charge >= 0.3 is 0 Å². The fourth-order valence-corrected chi connectivity index (χ4v) is 2.51. The summed E-state index contributed by atoms with van der Waals surface area (Å²) in [5.41, 5.74) is 0. The molecule has 15 heavy (non-hydrogen) atoms. The smallest absolute Gasteiger partial charge is 0.219 e.